The zero-order valence-corrected chi connectivity index (χ0v) is 8.40. The van der Waals surface area contributed by atoms with Crippen LogP contribution >= 0.6 is 0 Å². The van der Waals surface area contributed by atoms with E-state index in [-0.39, 0.29) is 0 Å². The number of halogens is 4. The second kappa shape index (κ2) is 6.24. The summed E-state index contributed by atoms with van der Waals surface area (Å²) in [6, 6.07) is 0. The summed E-state index contributed by atoms with van der Waals surface area (Å²) in [5, 5.41) is 0. The molecule has 2 atom stereocenters. The minimum Gasteiger partial charge on any atom is -0.418 e. The molecule has 86 valence electrons. The minimum atomic E-state index is -6.00. The highest BCUT2D eigenvalue weighted by molar-refractivity contribution is 6.50. The molecule has 14 heavy (non-hydrogen) atoms. The Bertz CT molecular complexity index is 149. The van der Waals surface area contributed by atoms with Gasteiger partial charge in [0.15, 0.2) is 0 Å². The van der Waals surface area contributed by atoms with Crippen molar-refractivity contribution in [3.8, 4) is 0 Å². The van der Waals surface area contributed by atoms with E-state index in [1.807, 2.05) is 0 Å². The van der Waals surface area contributed by atoms with Gasteiger partial charge in [-0.05, 0) is 6.42 Å². The number of ether oxygens (including phenoxy) is 1. The van der Waals surface area contributed by atoms with Gasteiger partial charge >= 0.3 is 7.25 Å². The van der Waals surface area contributed by atoms with Crippen LogP contribution in [0.25, 0.3) is 0 Å². The summed E-state index contributed by atoms with van der Waals surface area (Å²) < 4.78 is 44.5. The van der Waals surface area contributed by atoms with Crippen LogP contribution in [-0.2, 0) is 4.74 Å². The van der Waals surface area contributed by atoms with Gasteiger partial charge in [0.25, 0.3) is 0 Å². The molecule has 0 aromatic carbocycles. The molecule has 1 N–H and O–H groups in total. The highest BCUT2D eigenvalue weighted by atomic mass is 19.5. The minimum absolute atomic E-state index is 0.527. The Labute approximate surface area is 81.3 Å². The predicted octanol–water partition coefficient (Wildman–Crippen LogP) is 0.610. The van der Waals surface area contributed by atoms with Gasteiger partial charge in [0.2, 0.25) is 0 Å². The number of hydrogen-bond donors (Lipinski definition) is 1. The predicted molar refractivity (Wildman–Crippen MR) is 46.8 cm³/mol. The Morgan fingerprint density at radius 3 is 2.14 bits per heavy atom. The highest BCUT2D eigenvalue weighted by Crippen LogP contribution is 2.06. The average molecular weight is 217 g/mol. The molecule has 2 nitrogen and oxygen atoms in total. The molecule has 1 rings (SSSR count). The number of rotatable bonds is 1. The van der Waals surface area contributed by atoms with Crippen molar-refractivity contribution < 1.29 is 26.9 Å². The van der Waals surface area contributed by atoms with Crippen molar-refractivity contribution in [2.45, 2.75) is 19.4 Å². The van der Waals surface area contributed by atoms with Gasteiger partial charge in [-0.25, -0.2) is 0 Å². The van der Waals surface area contributed by atoms with E-state index in [1.165, 1.54) is 13.1 Å². The molecule has 1 aliphatic heterocycles. The lowest BCUT2D eigenvalue weighted by Gasteiger charge is -2.26. The number of nitrogens with one attached hydrogen (secondary N) is 1. The SMILES string of the molecule is CCC1C[NH+](C)CCO1.F[B-](F)(F)F. The van der Waals surface area contributed by atoms with Crippen LogP contribution in [0, 0.1) is 0 Å². The van der Waals surface area contributed by atoms with E-state index in [9.17, 15) is 17.3 Å². The third-order valence-corrected chi connectivity index (χ3v) is 1.91. The Hall–Kier alpha value is -0.295. The smallest absolute Gasteiger partial charge is 0.418 e. The summed E-state index contributed by atoms with van der Waals surface area (Å²) >= 11 is 0. The second-order valence-electron chi connectivity index (χ2n) is 3.31. The summed E-state index contributed by atoms with van der Waals surface area (Å²) in [6.07, 6.45) is 1.69. The monoisotopic (exact) mass is 217 g/mol. The Morgan fingerprint density at radius 1 is 1.36 bits per heavy atom. The molecular formula is C7H16BF4NO. The highest BCUT2D eigenvalue weighted by Gasteiger charge is 2.20. The zero-order valence-electron chi connectivity index (χ0n) is 8.40. The van der Waals surface area contributed by atoms with E-state index < -0.39 is 7.25 Å². The normalized spacial score (nSPS) is 27.9. The Balaban J connectivity index is 0.000000292. The van der Waals surface area contributed by atoms with Crippen molar-refractivity contribution in [1.82, 2.24) is 0 Å². The summed E-state index contributed by atoms with van der Waals surface area (Å²) in [7, 11) is -3.77. The van der Waals surface area contributed by atoms with Gasteiger partial charge in [-0.3, -0.25) is 0 Å². The molecule has 1 heterocycles. The van der Waals surface area contributed by atoms with Gasteiger partial charge < -0.3 is 26.9 Å². The van der Waals surface area contributed by atoms with Crippen LogP contribution < -0.4 is 4.90 Å². The van der Waals surface area contributed by atoms with Crippen molar-refractivity contribution in [3.63, 3.8) is 0 Å². The second-order valence-corrected chi connectivity index (χ2v) is 3.31. The molecule has 1 saturated heterocycles. The lowest BCUT2D eigenvalue weighted by molar-refractivity contribution is -0.892. The Kier molecular flexibility index (Phi) is 6.11. The molecule has 0 bridgehead atoms. The van der Waals surface area contributed by atoms with Gasteiger partial charge in [0, 0.05) is 0 Å². The van der Waals surface area contributed by atoms with E-state index in [4.69, 9.17) is 4.74 Å². The first-order chi connectivity index (χ1) is 6.33. The lowest BCUT2D eigenvalue weighted by Crippen LogP contribution is -3.12. The zero-order chi connectivity index (χ0) is 11.2. The van der Waals surface area contributed by atoms with Crippen LogP contribution in [0.1, 0.15) is 13.3 Å². The maximum atomic E-state index is 9.75. The van der Waals surface area contributed by atoms with Gasteiger partial charge in [0.05, 0.1) is 13.7 Å². The van der Waals surface area contributed by atoms with E-state index in [1.54, 1.807) is 4.90 Å². The van der Waals surface area contributed by atoms with Gasteiger partial charge in [-0.1, -0.05) is 6.92 Å². The van der Waals surface area contributed by atoms with Crippen molar-refractivity contribution in [1.29, 1.82) is 0 Å². The molecule has 0 aliphatic carbocycles. The molecule has 2 unspecified atom stereocenters. The molecule has 1 aliphatic rings. The maximum Gasteiger partial charge on any atom is 0.673 e. The molecule has 0 aromatic heterocycles. The van der Waals surface area contributed by atoms with Gasteiger partial charge in [0.1, 0.15) is 19.2 Å². The third kappa shape index (κ3) is 9.79. The Morgan fingerprint density at radius 2 is 1.86 bits per heavy atom. The van der Waals surface area contributed by atoms with Gasteiger partial charge in [-0.15, -0.1) is 0 Å². The first kappa shape index (κ1) is 13.7. The first-order valence-corrected chi connectivity index (χ1v) is 4.63. The fraction of sp³-hybridized carbons (Fsp3) is 1.00. The number of likely N-dealkylation sites (N-methyl/N-ethyl adjacent to an activating group) is 1. The molecule has 0 spiro atoms. The summed E-state index contributed by atoms with van der Waals surface area (Å²) in [5.74, 6) is 0. The van der Waals surface area contributed by atoms with Crippen LogP contribution in [0.2, 0.25) is 0 Å². The fourth-order valence-electron chi connectivity index (χ4n) is 1.21. The summed E-state index contributed by atoms with van der Waals surface area (Å²) in [6.45, 7) is 5.50. The maximum absolute atomic E-state index is 9.75. The average Bonchev–Trinajstić information content (AvgIpc) is 2.01. The van der Waals surface area contributed by atoms with E-state index in [2.05, 4.69) is 14.0 Å². The molecule has 0 aromatic rings. The van der Waals surface area contributed by atoms with Crippen molar-refractivity contribution >= 4 is 7.25 Å². The lowest BCUT2D eigenvalue weighted by atomic mass is 10.2. The molecule has 0 amide bonds. The fourth-order valence-corrected chi connectivity index (χ4v) is 1.21. The van der Waals surface area contributed by atoms with Crippen LogP contribution in [0.4, 0.5) is 17.3 Å². The third-order valence-electron chi connectivity index (χ3n) is 1.91. The summed E-state index contributed by atoms with van der Waals surface area (Å²) in [5.41, 5.74) is 0. The quantitative estimate of drug-likeness (QED) is 0.501. The van der Waals surface area contributed by atoms with Gasteiger partial charge in [-0.2, -0.15) is 0 Å². The van der Waals surface area contributed by atoms with E-state index in [0.29, 0.717) is 6.10 Å². The van der Waals surface area contributed by atoms with Crippen molar-refractivity contribution in [3.05, 3.63) is 0 Å². The molecule has 0 saturated carbocycles. The van der Waals surface area contributed by atoms with Crippen molar-refractivity contribution in [2.75, 3.05) is 26.7 Å². The standard InChI is InChI=1S/C7H15NO.BF4/c1-3-7-6-8(2)4-5-9-7;2-1(3,4)5/h7H,3-6H2,1-2H3;/q;-1/p+1. The first-order valence-electron chi connectivity index (χ1n) is 4.63. The molecular weight excluding hydrogens is 201 g/mol. The van der Waals surface area contributed by atoms with Crippen LogP contribution in [0.15, 0.2) is 0 Å². The van der Waals surface area contributed by atoms with E-state index in [0.717, 1.165) is 13.0 Å². The van der Waals surface area contributed by atoms with Crippen LogP contribution in [0.5, 0.6) is 0 Å². The number of quaternary nitrogens is 1. The molecule has 7 heteroatoms. The topological polar surface area (TPSA) is 13.7 Å². The largest absolute Gasteiger partial charge is 0.673 e. The van der Waals surface area contributed by atoms with E-state index >= 15 is 0 Å². The summed E-state index contributed by atoms with van der Waals surface area (Å²) in [4.78, 5) is 1.60. The van der Waals surface area contributed by atoms with Crippen LogP contribution in [0.3, 0.4) is 0 Å². The number of morpholine rings is 1. The van der Waals surface area contributed by atoms with Crippen molar-refractivity contribution in [2.24, 2.45) is 0 Å². The van der Waals surface area contributed by atoms with Crippen LogP contribution in [-0.4, -0.2) is 40.1 Å². The molecule has 1 fully saturated rings. The number of hydrogen-bond acceptors (Lipinski definition) is 1. The molecule has 0 radical (unpaired) electrons.